The van der Waals surface area contributed by atoms with Gasteiger partial charge in [-0.05, 0) is 26.0 Å². The summed E-state index contributed by atoms with van der Waals surface area (Å²) in [5.41, 5.74) is 6.46. The molecule has 0 aromatic heterocycles. The maximum Gasteiger partial charge on any atom is 0.128 e. The normalized spacial score (nSPS) is 23.8. The predicted molar refractivity (Wildman–Crippen MR) is 54.4 cm³/mol. The van der Waals surface area contributed by atoms with Crippen molar-refractivity contribution in [2.45, 2.75) is 31.9 Å². The number of aromatic hydroxyl groups is 1. The van der Waals surface area contributed by atoms with E-state index in [4.69, 9.17) is 10.5 Å². The number of hydrogen-bond acceptors (Lipinski definition) is 3. The Morgan fingerprint density at radius 3 is 2.93 bits per heavy atom. The topological polar surface area (TPSA) is 55.5 Å². The predicted octanol–water partition coefficient (Wildman–Crippen LogP) is 1.95. The second-order valence-electron chi connectivity index (χ2n) is 4.36. The summed E-state index contributed by atoms with van der Waals surface area (Å²) in [5, 5.41) is 9.64. The molecule has 14 heavy (non-hydrogen) atoms. The lowest BCUT2D eigenvalue weighted by atomic mass is 9.90. The smallest absolute Gasteiger partial charge is 0.128 e. The number of benzene rings is 1. The van der Waals surface area contributed by atoms with Gasteiger partial charge in [-0.15, -0.1) is 0 Å². The Labute approximate surface area is 83.5 Å². The quantitative estimate of drug-likeness (QED) is 0.662. The molecule has 0 radical (unpaired) electrons. The van der Waals surface area contributed by atoms with Crippen molar-refractivity contribution >= 4 is 0 Å². The van der Waals surface area contributed by atoms with Gasteiger partial charge in [-0.2, -0.15) is 0 Å². The molecule has 76 valence electrons. The first-order chi connectivity index (χ1) is 6.49. The van der Waals surface area contributed by atoms with Crippen LogP contribution in [0.5, 0.6) is 11.5 Å². The van der Waals surface area contributed by atoms with Crippen LogP contribution in [0.25, 0.3) is 0 Å². The summed E-state index contributed by atoms with van der Waals surface area (Å²) in [6.07, 6.45) is 0.720. The molecule has 0 saturated carbocycles. The van der Waals surface area contributed by atoms with E-state index in [1.165, 1.54) is 0 Å². The van der Waals surface area contributed by atoms with Crippen molar-refractivity contribution in [3.63, 3.8) is 0 Å². The number of phenolic OH excluding ortho intramolecular Hbond substituents is 1. The summed E-state index contributed by atoms with van der Waals surface area (Å²) in [6.45, 7) is 4.00. The van der Waals surface area contributed by atoms with Crippen molar-refractivity contribution in [1.82, 2.24) is 0 Å². The third kappa shape index (κ3) is 1.44. The number of hydrogen-bond donors (Lipinski definition) is 2. The van der Waals surface area contributed by atoms with Crippen molar-refractivity contribution in [2.75, 3.05) is 0 Å². The van der Waals surface area contributed by atoms with E-state index in [0.717, 1.165) is 12.0 Å². The van der Waals surface area contributed by atoms with E-state index in [1.807, 2.05) is 19.9 Å². The molecule has 1 atom stereocenters. The molecule has 3 nitrogen and oxygen atoms in total. The Kier molecular flexibility index (Phi) is 1.93. The molecule has 0 aliphatic carbocycles. The third-order valence-corrected chi connectivity index (χ3v) is 2.51. The Hall–Kier alpha value is -1.22. The fourth-order valence-electron chi connectivity index (χ4n) is 1.97. The maximum absolute atomic E-state index is 9.64. The number of phenols is 1. The molecule has 3 heteroatoms. The fraction of sp³-hybridized carbons (Fsp3) is 0.455. The number of ether oxygens (including phenoxy) is 1. The standard InChI is InChI=1S/C11H15NO2/c1-11(2)6-7(12)10-8(13)4-3-5-9(10)14-11/h3-5,7,13H,6,12H2,1-2H3. The number of nitrogens with two attached hydrogens (primary N) is 1. The van der Waals surface area contributed by atoms with Crippen LogP contribution >= 0.6 is 0 Å². The van der Waals surface area contributed by atoms with Gasteiger partial charge >= 0.3 is 0 Å². The Morgan fingerprint density at radius 2 is 2.21 bits per heavy atom. The van der Waals surface area contributed by atoms with Crippen LogP contribution in [0, 0.1) is 0 Å². The minimum atomic E-state index is -0.250. The molecule has 1 aromatic carbocycles. The van der Waals surface area contributed by atoms with Crippen LogP contribution in [0.2, 0.25) is 0 Å². The third-order valence-electron chi connectivity index (χ3n) is 2.51. The minimum Gasteiger partial charge on any atom is -0.507 e. The highest BCUT2D eigenvalue weighted by atomic mass is 16.5. The van der Waals surface area contributed by atoms with E-state index in [9.17, 15) is 5.11 Å². The average molecular weight is 193 g/mol. The van der Waals surface area contributed by atoms with Gasteiger partial charge in [0.25, 0.3) is 0 Å². The zero-order chi connectivity index (χ0) is 10.3. The van der Waals surface area contributed by atoms with Gasteiger partial charge in [0.1, 0.15) is 17.1 Å². The van der Waals surface area contributed by atoms with E-state index in [1.54, 1.807) is 12.1 Å². The molecule has 0 amide bonds. The molecule has 1 aliphatic rings. The SMILES string of the molecule is CC1(C)CC(N)c2c(O)cccc2O1. The fourth-order valence-corrected chi connectivity index (χ4v) is 1.97. The van der Waals surface area contributed by atoms with Crippen molar-refractivity contribution < 1.29 is 9.84 Å². The van der Waals surface area contributed by atoms with Gasteiger partial charge in [0.2, 0.25) is 0 Å². The van der Waals surface area contributed by atoms with Gasteiger partial charge in [0, 0.05) is 12.5 Å². The highest BCUT2D eigenvalue weighted by molar-refractivity contribution is 5.47. The molecular formula is C11H15NO2. The van der Waals surface area contributed by atoms with Crippen molar-refractivity contribution in [3.05, 3.63) is 23.8 Å². The van der Waals surface area contributed by atoms with Crippen LogP contribution in [-0.4, -0.2) is 10.7 Å². The summed E-state index contributed by atoms with van der Waals surface area (Å²) in [7, 11) is 0. The Balaban J connectivity index is 2.50. The second-order valence-corrected chi connectivity index (χ2v) is 4.36. The zero-order valence-corrected chi connectivity index (χ0v) is 8.45. The van der Waals surface area contributed by atoms with E-state index in [2.05, 4.69) is 0 Å². The molecule has 3 N–H and O–H groups in total. The highest BCUT2D eigenvalue weighted by Crippen LogP contribution is 2.42. The van der Waals surface area contributed by atoms with Gasteiger partial charge in [-0.1, -0.05) is 6.07 Å². The molecule has 0 spiro atoms. The summed E-state index contributed by atoms with van der Waals surface area (Å²) < 4.78 is 5.73. The molecule has 1 aromatic rings. The van der Waals surface area contributed by atoms with E-state index in [0.29, 0.717) is 5.75 Å². The lowest BCUT2D eigenvalue weighted by Gasteiger charge is -2.36. The van der Waals surface area contributed by atoms with Gasteiger partial charge < -0.3 is 15.6 Å². The molecule has 2 rings (SSSR count). The minimum absolute atomic E-state index is 0.144. The Bertz CT molecular complexity index is 360. The molecule has 1 heterocycles. The van der Waals surface area contributed by atoms with Crippen LogP contribution in [0.1, 0.15) is 31.9 Å². The monoisotopic (exact) mass is 193 g/mol. The van der Waals surface area contributed by atoms with Crippen molar-refractivity contribution in [1.29, 1.82) is 0 Å². The summed E-state index contributed by atoms with van der Waals surface area (Å²) in [5.74, 6) is 0.930. The number of rotatable bonds is 0. The van der Waals surface area contributed by atoms with Crippen molar-refractivity contribution in [2.24, 2.45) is 5.73 Å². The number of fused-ring (bicyclic) bond motifs is 1. The lowest BCUT2D eigenvalue weighted by Crippen LogP contribution is -2.37. The average Bonchev–Trinajstić information content (AvgIpc) is 2.00. The second kappa shape index (κ2) is 2.89. The first-order valence-corrected chi connectivity index (χ1v) is 4.76. The van der Waals surface area contributed by atoms with Crippen LogP contribution in [0.4, 0.5) is 0 Å². The summed E-state index contributed by atoms with van der Waals surface area (Å²) in [6, 6.07) is 5.10. The van der Waals surface area contributed by atoms with E-state index >= 15 is 0 Å². The largest absolute Gasteiger partial charge is 0.507 e. The van der Waals surface area contributed by atoms with Gasteiger partial charge in [0.15, 0.2) is 0 Å². The van der Waals surface area contributed by atoms with Gasteiger partial charge in [-0.25, -0.2) is 0 Å². The Morgan fingerprint density at radius 1 is 1.50 bits per heavy atom. The summed E-state index contributed by atoms with van der Waals surface area (Å²) >= 11 is 0. The van der Waals surface area contributed by atoms with E-state index < -0.39 is 0 Å². The lowest BCUT2D eigenvalue weighted by molar-refractivity contribution is 0.0718. The molecule has 0 bridgehead atoms. The molecular weight excluding hydrogens is 178 g/mol. The van der Waals surface area contributed by atoms with Crippen LogP contribution in [0.15, 0.2) is 18.2 Å². The molecule has 0 fully saturated rings. The first-order valence-electron chi connectivity index (χ1n) is 4.76. The maximum atomic E-state index is 9.64. The highest BCUT2D eigenvalue weighted by Gasteiger charge is 2.33. The van der Waals surface area contributed by atoms with Crippen LogP contribution in [-0.2, 0) is 0 Å². The summed E-state index contributed by atoms with van der Waals surface area (Å²) in [4.78, 5) is 0. The molecule has 1 aliphatic heterocycles. The molecule has 1 unspecified atom stereocenters. The van der Waals surface area contributed by atoms with Crippen LogP contribution < -0.4 is 10.5 Å². The first kappa shape index (κ1) is 9.34. The van der Waals surface area contributed by atoms with Gasteiger partial charge in [-0.3, -0.25) is 0 Å². The van der Waals surface area contributed by atoms with Crippen molar-refractivity contribution in [3.8, 4) is 11.5 Å². The zero-order valence-electron chi connectivity index (χ0n) is 8.45. The van der Waals surface area contributed by atoms with E-state index in [-0.39, 0.29) is 17.4 Å². The molecule has 0 saturated heterocycles. The van der Waals surface area contributed by atoms with Gasteiger partial charge in [0.05, 0.1) is 5.56 Å². The van der Waals surface area contributed by atoms with Crippen LogP contribution in [0.3, 0.4) is 0 Å².